The van der Waals surface area contributed by atoms with Crippen molar-refractivity contribution in [2.45, 2.75) is 36.4 Å². The number of rotatable bonds is 4. The van der Waals surface area contributed by atoms with Crippen LogP contribution < -0.4 is 5.32 Å². The third kappa shape index (κ3) is 3.12. The van der Waals surface area contributed by atoms with Crippen LogP contribution in [0.1, 0.15) is 40.7 Å². The van der Waals surface area contributed by atoms with Crippen LogP contribution in [-0.2, 0) is 11.2 Å². The maximum Gasteiger partial charge on any atom is 0.256 e. The normalized spacial score (nSPS) is 22.5. The van der Waals surface area contributed by atoms with E-state index in [4.69, 9.17) is 0 Å². The molecular formula is C21H21FN2O2S. The average molecular weight is 384 g/mol. The molecule has 2 amide bonds. The Morgan fingerprint density at radius 1 is 1.22 bits per heavy atom. The summed E-state index contributed by atoms with van der Waals surface area (Å²) in [6, 6.07) is 13.4. The number of carbonyl (C=O) groups is 2. The number of fused-ring (bicyclic) bond motifs is 3. The molecule has 0 radical (unpaired) electrons. The maximum atomic E-state index is 13.3. The third-order valence-electron chi connectivity index (χ3n) is 5.15. The van der Waals surface area contributed by atoms with Crippen LogP contribution in [0.4, 0.5) is 4.39 Å². The van der Waals surface area contributed by atoms with Crippen LogP contribution in [0.25, 0.3) is 0 Å². The molecule has 2 aromatic carbocycles. The van der Waals surface area contributed by atoms with Gasteiger partial charge in [-0.3, -0.25) is 9.59 Å². The maximum absolute atomic E-state index is 13.3. The zero-order valence-corrected chi connectivity index (χ0v) is 16.1. The highest BCUT2D eigenvalue weighted by atomic mass is 32.2. The molecule has 1 N–H and O–H groups in total. The first-order valence-corrected chi connectivity index (χ1v) is 9.88. The fourth-order valence-electron chi connectivity index (χ4n) is 3.92. The standard InChI is InChI=1S/C21H21FN2O2S/c1-21(2)17(18(25)23-11-10-13-6-5-7-14(22)12-13)24-19(26)15-8-3-4-9-16(15)20(24)27-21/h3-9,12,17,20H,10-11H2,1-2H3,(H,23,25)/t17-,20-/m1/s1. The summed E-state index contributed by atoms with van der Waals surface area (Å²) in [6.07, 6.45) is 0.543. The van der Waals surface area contributed by atoms with Gasteiger partial charge in [-0.15, -0.1) is 11.8 Å². The summed E-state index contributed by atoms with van der Waals surface area (Å²) < 4.78 is 12.9. The lowest BCUT2D eigenvalue weighted by Gasteiger charge is -2.29. The summed E-state index contributed by atoms with van der Waals surface area (Å²) in [5.41, 5.74) is 2.50. The molecule has 140 valence electrons. The summed E-state index contributed by atoms with van der Waals surface area (Å²) in [5.74, 6) is -0.526. The van der Waals surface area contributed by atoms with Crippen LogP contribution in [0.3, 0.4) is 0 Å². The van der Waals surface area contributed by atoms with Crippen LogP contribution in [-0.4, -0.2) is 34.0 Å². The third-order valence-corrected chi connectivity index (χ3v) is 6.68. The second-order valence-electron chi connectivity index (χ2n) is 7.45. The Labute approximate surface area is 162 Å². The summed E-state index contributed by atoms with van der Waals surface area (Å²) in [4.78, 5) is 27.6. The molecular weight excluding hydrogens is 363 g/mol. The molecule has 2 aliphatic heterocycles. The van der Waals surface area contributed by atoms with E-state index in [0.717, 1.165) is 11.1 Å². The SMILES string of the molecule is CC1(C)S[C@@H]2c3ccccc3C(=O)N2[C@@H]1C(=O)NCCc1cccc(F)c1. The van der Waals surface area contributed by atoms with Crippen molar-refractivity contribution in [3.8, 4) is 0 Å². The molecule has 0 unspecified atom stereocenters. The Morgan fingerprint density at radius 2 is 2.00 bits per heavy atom. The number of nitrogens with zero attached hydrogens (tertiary/aromatic N) is 1. The molecule has 27 heavy (non-hydrogen) atoms. The van der Waals surface area contributed by atoms with Crippen molar-refractivity contribution >= 4 is 23.6 Å². The van der Waals surface area contributed by atoms with Gasteiger partial charge in [0.1, 0.15) is 17.2 Å². The molecule has 2 aromatic rings. The van der Waals surface area contributed by atoms with Crippen LogP contribution in [0, 0.1) is 5.82 Å². The first kappa shape index (κ1) is 18.0. The predicted molar refractivity (Wildman–Crippen MR) is 104 cm³/mol. The van der Waals surface area contributed by atoms with Crippen molar-refractivity contribution in [3.05, 3.63) is 71.0 Å². The van der Waals surface area contributed by atoms with Gasteiger partial charge in [0, 0.05) is 16.9 Å². The number of benzene rings is 2. The van der Waals surface area contributed by atoms with Gasteiger partial charge in [-0.05, 0) is 49.6 Å². The van der Waals surface area contributed by atoms with E-state index >= 15 is 0 Å². The topological polar surface area (TPSA) is 49.4 Å². The number of nitrogens with one attached hydrogen (secondary N) is 1. The van der Waals surface area contributed by atoms with Crippen molar-refractivity contribution in [1.29, 1.82) is 0 Å². The molecule has 0 aliphatic carbocycles. The summed E-state index contributed by atoms with van der Waals surface area (Å²) in [7, 11) is 0. The molecule has 4 rings (SSSR count). The van der Waals surface area contributed by atoms with Crippen LogP contribution >= 0.6 is 11.8 Å². The minimum Gasteiger partial charge on any atom is -0.354 e. The van der Waals surface area contributed by atoms with Gasteiger partial charge in [-0.1, -0.05) is 30.3 Å². The van der Waals surface area contributed by atoms with Crippen molar-refractivity contribution in [3.63, 3.8) is 0 Å². The molecule has 0 spiro atoms. The highest BCUT2D eigenvalue weighted by Gasteiger charge is 2.57. The fourth-order valence-corrected chi connectivity index (χ4v) is 5.51. The molecule has 6 heteroatoms. The van der Waals surface area contributed by atoms with E-state index in [9.17, 15) is 14.0 Å². The van der Waals surface area contributed by atoms with E-state index in [2.05, 4.69) is 5.32 Å². The Morgan fingerprint density at radius 3 is 2.78 bits per heavy atom. The zero-order chi connectivity index (χ0) is 19.2. The van der Waals surface area contributed by atoms with Crippen molar-refractivity contribution in [1.82, 2.24) is 10.2 Å². The van der Waals surface area contributed by atoms with E-state index in [-0.39, 0.29) is 23.0 Å². The quantitative estimate of drug-likeness (QED) is 0.877. The Bertz CT molecular complexity index is 915. The van der Waals surface area contributed by atoms with Crippen molar-refractivity contribution in [2.24, 2.45) is 0 Å². The van der Waals surface area contributed by atoms with E-state index < -0.39 is 10.8 Å². The highest BCUT2D eigenvalue weighted by molar-refractivity contribution is 8.01. The van der Waals surface area contributed by atoms with Crippen LogP contribution in [0.2, 0.25) is 0 Å². The van der Waals surface area contributed by atoms with Gasteiger partial charge < -0.3 is 10.2 Å². The number of thioether (sulfide) groups is 1. The second kappa shape index (κ2) is 6.68. The summed E-state index contributed by atoms with van der Waals surface area (Å²) in [5, 5.41) is 2.82. The molecule has 0 bridgehead atoms. The first-order chi connectivity index (χ1) is 12.9. The lowest BCUT2D eigenvalue weighted by molar-refractivity contribution is -0.126. The van der Waals surface area contributed by atoms with Crippen molar-refractivity contribution in [2.75, 3.05) is 6.54 Å². The Hall–Kier alpha value is -2.34. The number of hydrogen-bond acceptors (Lipinski definition) is 3. The number of hydrogen-bond donors (Lipinski definition) is 1. The van der Waals surface area contributed by atoms with Gasteiger partial charge in [0.25, 0.3) is 5.91 Å². The second-order valence-corrected chi connectivity index (χ2v) is 9.18. The van der Waals surface area contributed by atoms with Gasteiger partial charge in [0.2, 0.25) is 5.91 Å². The first-order valence-electron chi connectivity index (χ1n) is 9.00. The molecule has 2 atom stereocenters. The molecule has 1 saturated heterocycles. The lowest BCUT2D eigenvalue weighted by Crippen LogP contribution is -2.52. The van der Waals surface area contributed by atoms with Gasteiger partial charge in [0.05, 0.1) is 0 Å². The Kier molecular flexibility index (Phi) is 4.46. The van der Waals surface area contributed by atoms with E-state index in [1.165, 1.54) is 12.1 Å². The summed E-state index contributed by atoms with van der Waals surface area (Å²) >= 11 is 1.65. The largest absolute Gasteiger partial charge is 0.354 e. The Balaban J connectivity index is 1.49. The fraction of sp³-hybridized carbons (Fsp3) is 0.333. The smallest absolute Gasteiger partial charge is 0.256 e. The predicted octanol–water partition coefficient (Wildman–Crippen LogP) is 3.53. The molecule has 4 nitrogen and oxygen atoms in total. The van der Waals surface area contributed by atoms with E-state index in [0.29, 0.717) is 18.5 Å². The van der Waals surface area contributed by atoms with E-state index in [1.54, 1.807) is 22.7 Å². The van der Waals surface area contributed by atoms with Crippen molar-refractivity contribution < 1.29 is 14.0 Å². The monoisotopic (exact) mass is 384 g/mol. The molecule has 2 aliphatic rings. The molecule has 1 fully saturated rings. The van der Waals surface area contributed by atoms with Gasteiger partial charge in [0.15, 0.2) is 0 Å². The van der Waals surface area contributed by atoms with Crippen LogP contribution in [0.5, 0.6) is 0 Å². The number of amides is 2. The lowest BCUT2D eigenvalue weighted by atomic mass is 10.0. The molecule has 0 saturated carbocycles. The minimum absolute atomic E-state index is 0.0843. The minimum atomic E-state index is -0.542. The van der Waals surface area contributed by atoms with Gasteiger partial charge in [-0.25, -0.2) is 4.39 Å². The molecule has 2 heterocycles. The number of halogens is 1. The number of carbonyl (C=O) groups excluding carboxylic acids is 2. The average Bonchev–Trinajstić information content (AvgIpc) is 3.05. The van der Waals surface area contributed by atoms with E-state index in [1.807, 2.05) is 44.2 Å². The van der Waals surface area contributed by atoms with Gasteiger partial charge in [-0.2, -0.15) is 0 Å². The molecule has 0 aromatic heterocycles. The van der Waals surface area contributed by atoms with Crippen LogP contribution in [0.15, 0.2) is 48.5 Å². The summed E-state index contributed by atoms with van der Waals surface area (Å²) in [6.45, 7) is 4.41. The highest BCUT2D eigenvalue weighted by Crippen LogP contribution is 2.56. The van der Waals surface area contributed by atoms with Gasteiger partial charge >= 0.3 is 0 Å². The zero-order valence-electron chi connectivity index (χ0n) is 15.2.